The van der Waals surface area contributed by atoms with Gasteiger partial charge in [-0.3, -0.25) is 9.89 Å². The quantitative estimate of drug-likeness (QED) is 0.411. The van der Waals surface area contributed by atoms with E-state index in [0.717, 1.165) is 0 Å². The Hall–Kier alpha value is -1.11. The van der Waals surface area contributed by atoms with Crippen LogP contribution in [-0.2, 0) is 6.54 Å². The number of hydrogen-bond donors (Lipinski definition) is 2. The second-order valence-corrected chi connectivity index (χ2v) is 5.14. The number of hydrogen-bond acceptors (Lipinski definition) is 5. The highest BCUT2D eigenvalue weighted by Crippen LogP contribution is 2.19. The van der Waals surface area contributed by atoms with Crippen molar-refractivity contribution < 1.29 is 17.7 Å². The highest BCUT2D eigenvalue weighted by atomic mass is 127. The third-order valence-corrected chi connectivity index (χ3v) is 3.22. The van der Waals surface area contributed by atoms with Crippen LogP contribution < -0.4 is 10.6 Å². The molecule has 1 unspecified atom stereocenters. The maximum atomic E-state index is 12.4. The number of alkyl halides is 3. The lowest BCUT2D eigenvalue weighted by Gasteiger charge is -2.19. The molecule has 0 saturated carbocycles. The van der Waals surface area contributed by atoms with Crippen molar-refractivity contribution in [2.75, 3.05) is 26.7 Å². The van der Waals surface area contributed by atoms with Crippen LogP contribution in [0.4, 0.5) is 13.2 Å². The fraction of sp³-hybridized carbons (Fsp3) is 0.750. The molecule has 0 bridgehead atoms. The van der Waals surface area contributed by atoms with Gasteiger partial charge in [0.05, 0.1) is 13.1 Å². The average molecular weight is 448 g/mol. The monoisotopic (exact) mass is 448 g/mol. The second kappa shape index (κ2) is 8.66. The highest BCUT2D eigenvalue weighted by molar-refractivity contribution is 14.0. The summed E-state index contributed by atoms with van der Waals surface area (Å²) in [6.45, 7) is 1.90. The van der Waals surface area contributed by atoms with E-state index < -0.39 is 12.7 Å². The lowest BCUT2D eigenvalue weighted by Crippen LogP contribution is -2.45. The molecule has 1 saturated heterocycles. The Balaban J connectivity index is 0.00000264. The summed E-state index contributed by atoms with van der Waals surface area (Å²) < 4.78 is 41.9. The van der Waals surface area contributed by atoms with E-state index >= 15 is 0 Å². The Morgan fingerprint density at radius 3 is 2.78 bits per heavy atom. The van der Waals surface area contributed by atoms with Gasteiger partial charge in [0.2, 0.25) is 5.89 Å². The number of nitrogens with one attached hydrogen (secondary N) is 2. The maximum Gasteiger partial charge on any atom is 0.401 e. The third-order valence-electron chi connectivity index (χ3n) is 3.22. The molecular weight excluding hydrogens is 428 g/mol. The largest absolute Gasteiger partial charge is 0.401 e. The lowest BCUT2D eigenvalue weighted by atomic mass is 10.3. The van der Waals surface area contributed by atoms with Gasteiger partial charge in [-0.05, 0) is 6.42 Å². The van der Waals surface area contributed by atoms with E-state index in [1.165, 1.54) is 4.90 Å². The van der Waals surface area contributed by atoms with Crippen molar-refractivity contribution in [3.05, 3.63) is 11.7 Å². The number of aryl methyl sites for hydroxylation is 1. The summed E-state index contributed by atoms with van der Waals surface area (Å²) in [5.41, 5.74) is 0. The highest BCUT2D eigenvalue weighted by Gasteiger charge is 2.34. The number of nitrogens with zero attached hydrogens (tertiary/aromatic N) is 4. The SMILES string of the molecule is CN=C(NCc1noc(C)n1)NC1CCN(CC(F)(F)F)C1.I. The van der Waals surface area contributed by atoms with Gasteiger partial charge in [-0.25, -0.2) is 0 Å². The molecule has 0 aliphatic carbocycles. The van der Waals surface area contributed by atoms with Crippen molar-refractivity contribution >= 4 is 29.9 Å². The molecule has 1 aromatic heterocycles. The van der Waals surface area contributed by atoms with E-state index in [-0.39, 0.29) is 30.0 Å². The normalized spacial score (nSPS) is 19.5. The molecule has 0 radical (unpaired) electrons. The lowest BCUT2D eigenvalue weighted by molar-refractivity contribution is -0.143. The molecule has 0 aromatic carbocycles. The van der Waals surface area contributed by atoms with Crippen LogP contribution in [0.1, 0.15) is 18.1 Å². The van der Waals surface area contributed by atoms with E-state index in [9.17, 15) is 13.2 Å². The van der Waals surface area contributed by atoms with Crippen LogP contribution >= 0.6 is 24.0 Å². The predicted octanol–water partition coefficient (Wildman–Crippen LogP) is 1.30. The fourth-order valence-corrected chi connectivity index (χ4v) is 2.31. The Kier molecular flexibility index (Phi) is 7.51. The molecule has 1 aromatic rings. The molecule has 0 amide bonds. The summed E-state index contributed by atoms with van der Waals surface area (Å²) >= 11 is 0. The third kappa shape index (κ3) is 6.89. The van der Waals surface area contributed by atoms with Gasteiger partial charge in [0.25, 0.3) is 0 Å². The number of aromatic nitrogens is 2. The maximum absolute atomic E-state index is 12.4. The van der Waals surface area contributed by atoms with Crippen molar-refractivity contribution in [2.24, 2.45) is 4.99 Å². The minimum absolute atomic E-state index is 0. The zero-order valence-electron chi connectivity index (χ0n) is 12.9. The average Bonchev–Trinajstić information content (AvgIpc) is 3.02. The zero-order chi connectivity index (χ0) is 16.2. The topological polar surface area (TPSA) is 78.6 Å². The number of aliphatic imine (C=N–C) groups is 1. The molecular formula is C12H20F3IN6O. The zero-order valence-corrected chi connectivity index (χ0v) is 15.2. The molecule has 2 rings (SSSR count). The van der Waals surface area contributed by atoms with Gasteiger partial charge in [0.1, 0.15) is 0 Å². The van der Waals surface area contributed by atoms with E-state index in [1.807, 2.05) is 0 Å². The molecule has 1 atom stereocenters. The van der Waals surface area contributed by atoms with E-state index in [4.69, 9.17) is 4.52 Å². The first kappa shape index (κ1) is 19.9. The summed E-state index contributed by atoms with van der Waals surface area (Å²) in [4.78, 5) is 9.47. The minimum Gasteiger partial charge on any atom is -0.352 e. The fourth-order valence-electron chi connectivity index (χ4n) is 2.31. The first-order valence-corrected chi connectivity index (χ1v) is 6.91. The van der Waals surface area contributed by atoms with E-state index in [2.05, 4.69) is 25.8 Å². The van der Waals surface area contributed by atoms with Gasteiger partial charge in [0.15, 0.2) is 11.8 Å². The van der Waals surface area contributed by atoms with Crippen LogP contribution in [0.3, 0.4) is 0 Å². The van der Waals surface area contributed by atoms with Crippen molar-refractivity contribution in [1.82, 2.24) is 25.7 Å². The summed E-state index contributed by atoms with van der Waals surface area (Å²) in [6, 6.07) is -0.0689. The number of likely N-dealkylation sites (tertiary alicyclic amines) is 1. The summed E-state index contributed by atoms with van der Waals surface area (Å²) in [5.74, 6) is 1.46. The van der Waals surface area contributed by atoms with Gasteiger partial charge in [-0.1, -0.05) is 5.16 Å². The van der Waals surface area contributed by atoms with Crippen molar-refractivity contribution in [3.63, 3.8) is 0 Å². The van der Waals surface area contributed by atoms with Crippen LogP contribution in [0.2, 0.25) is 0 Å². The van der Waals surface area contributed by atoms with Crippen LogP contribution in [-0.4, -0.2) is 59.9 Å². The van der Waals surface area contributed by atoms with Crippen LogP contribution in [0.5, 0.6) is 0 Å². The molecule has 11 heteroatoms. The van der Waals surface area contributed by atoms with Gasteiger partial charge >= 0.3 is 6.18 Å². The first-order valence-electron chi connectivity index (χ1n) is 6.91. The van der Waals surface area contributed by atoms with Crippen LogP contribution in [0, 0.1) is 6.92 Å². The van der Waals surface area contributed by atoms with Gasteiger partial charge < -0.3 is 15.2 Å². The van der Waals surface area contributed by atoms with Crippen molar-refractivity contribution in [2.45, 2.75) is 32.1 Å². The standard InChI is InChI=1S/C12H19F3N6O.HI/c1-8-18-10(20-22-8)5-17-11(16-2)19-9-3-4-21(6-9)7-12(13,14)15;/h9H,3-7H2,1-2H3,(H2,16,17,19);1H. The second-order valence-electron chi connectivity index (χ2n) is 5.14. The minimum atomic E-state index is -4.16. The van der Waals surface area contributed by atoms with Crippen molar-refractivity contribution in [1.29, 1.82) is 0 Å². The summed E-state index contributed by atoms with van der Waals surface area (Å²) in [5, 5.41) is 9.85. The Morgan fingerprint density at radius 1 is 1.48 bits per heavy atom. The molecule has 23 heavy (non-hydrogen) atoms. The Morgan fingerprint density at radius 2 is 2.22 bits per heavy atom. The van der Waals surface area contributed by atoms with E-state index in [1.54, 1.807) is 14.0 Å². The van der Waals surface area contributed by atoms with Gasteiger partial charge in [-0.2, -0.15) is 18.2 Å². The summed E-state index contributed by atoms with van der Waals surface area (Å²) in [6.07, 6.45) is -3.52. The molecule has 0 spiro atoms. The molecule has 1 aliphatic rings. The molecule has 1 fully saturated rings. The molecule has 2 N–H and O–H groups in total. The van der Waals surface area contributed by atoms with Crippen LogP contribution in [0.15, 0.2) is 9.52 Å². The van der Waals surface area contributed by atoms with E-state index in [0.29, 0.717) is 43.7 Å². The van der Waals surface area contributed by atoms with Crippen molar-refractivity contribution in [3.8, 4) is 0 Å². The number of halogens is 4. The Bertz CT molecular complexity index is 521. The predicted molar refractivity (Wildman–Crippen MR) is 88.7 cm³/mol. The molecule has 7 nitrogen and oxygen atoms in total. The van der Waals surface area contributed by atoms with Gasteiger partial charge in [-0.15, -0.1) is 24.0 Å². The number of rotatable bonds is 4. The Labute approximate surface area is 149 Å². The first-order chi connectivity index (χ1) is 10.4. The van der Waals surface area contributed by atoms with Gasteiger partial charge in [0, 0.05) is 33.1 Å². The summed E-state index contributed by atoms with van der Waals surface area (Å²) in [7, 11) is 1.60. The molecule has 2 heterocycles. The smallest absolute Gasteiger partial charge is 0.352 e. The van der Waals surface area contributed by atoms with Crippen LogP contribution in [0.25, 0.3) is 0 Å². The number of guanidine groups is 1. The molecule has 1 aliphatic heterocycles. The molecule has 132 valence electrons.